The number of ether oxygens (including phenoxy) is 1. The van der Waals surface area contributed by atoms with Crippen molar-refractivity contribution in [1.82, 2.24) is 34.6 Å². The van der Waals surface area contributed by atoms with Gasteiger partial charge in [-0.2, -0.15) is 5.10 Å². The first-order chi connectivity index (χ1) is 22.5. The number of carbonyl (C=O) groups is 1. The molecular weight excluding hydrogens is 613 g/mol. The number of hydrogen-bond donors (Lipinski definition) is 2. The molecule has 1 aliphatic rings. The lowest BCUT2D eigenvalue weighted by Crippen LogP contribution is -2.56. The molecule has 11 nitrogen and oxygen atoms in total. The molecule has 2 aromatic carbocycles. The summed E-state index contributed by atoms with van der Waals surface area (Å²) in [5.74, 6) is 1.02. The molecule has 246 valence electrons. The van der Waals surface area contributed by atoms with E-state index >= 15 is 0 Å². The van der Waals surface area contributed by atoms with Crippen molar-refractivity contribution in [3.63, 3.8) is 0 Å². The van der Waals surface area contributed by atoms with Crippen LogP contribution in [0, 0.1) is 0 Å². The van der Waals surface area contributed by atoms with Gasteiger partial charge in [-0.25, -0.2) is 14.3 Å². The number of piperidine rings is 1. The Bertz CT molecular complexity index is 1820. The minimum atomic E-state index is -0.748. The van der Waals surface area contributed by atoms with E-state index in [1.165, 1.54) is 6.33 Å². The molecule has 5 aromatic rings. The van der Waals surface area contributed by atoms with Crippen LogP contribution in [0.1, 0.15) is 63.1 Å². The molecule has 0 radical (unpaired) electrons. The Hall–Kier alpha value is -4.39. The van der Waals surface area contributed by atoms with Crippen LogP contribution in [-0.2, 0) is 17.8 Å². The Morgan fingerprint density at radius 3 is 2.66 bits per heavy atom. The van der Waals surface area contributed by atoms with Crippen LogP contribution in [0.2, 0.25) is 0 Å². The number of aliphatic hydroxyl groups is 1. The average molecular weight is 655 g/mol. The summed E-state index contributed by atoms with van der Waals surface area (Å²) < 4.78 is 7.59. The summed E-state index contributed by atoms with van der Waals surface area (Å²) in [7, 11) is 0. The van der Waals surface area contributed by atoms with Gasteiger partial charge < -0.3 is 15.2 Å². The summed E-state index contributed by atoms with van der Waals surface area (Å²) in [5.41, 5.74) is 4.12. The number of likely N-dealkylation sites (tertiary alicyclic amines) is 1. The fraction of sp³-hybridized carbons (Fsp3) is 0.400. The normalized spacial score (nSPS) is 17.3. The molecule has 4 heterocycles. The molecule has 0 aliphatic carbocycles. The highest BCUT2D eigenvalue weighted by Crippen LogP contribution is 2.31. The van der Waals surface area contributed by atoms with Gasteiger partial charge in [0.25, 0.3) is 0 Å². The number of aliphatic hydroxyl groups excluding tert-OH is 1. The molecule has 2 N–H and O–H groups in total. The zero-order valence-electron chi connectivity index (χ0n) is 27.5. The molecule has 2 atom stereocenters. The fourth-order valence-corrected chi connectivity index (χ4v) is 6.68. The van der Waals surface area contributed by atoms with Crippen LogP contribution in [0.5, 0.6) is 0 Å². The Balaban J connectivity index is 1.18. The smallest absolute Gasteiger partial charge is 0.410 e. The monoisotopic (exact) mass is 654 g/mol. The molecule has 0 saturated carbocycles. The first-order valence-corrected chi connectivity index (χ1v) is 16.8. The highest BCUT2D eigenvalue weighted by Gasteiger charge is 2.37. The van der Waals surface area contributed by atoms with Gasteiger partial charge >= 0.3 is 6.09 Å². The maximum Gasteiger partial charge on any atom is 0.410 e. The third-order valence-electron chi connectivity index (χ3n) is 8.09. The molecule has 12 heteroatoms. The molecular formula is C35H42N8O3S. The molecule has 1 aliphatic heterocycles. The van der Waals surface area contributed by atoms with Gasteiger partial charge in [0.2, 0.25) is 0 Å². The molecule has 47 heavy (non-hydrogen) atoms. The number of carbonyl (C=O) groups excluding carboxylic acids is 1. The van der Waals surface area contributed by atoms with Crippen LogP contribution in [-0.4, -0.2) is 76.6 Å². The molecule has 3 aromatic heterocycles. The molecule has 6 rings (SSSR count). The number of benzene rings is 2. The number of nitrogens with one attached hydrogen (secondary N) is 1. The highest BCUT2D eigenvalue weighted by molar-refractivity contribution is 7.14. The van der Waals surface area contributed by atoms with E-state index in [0.29, 0.717) is 44.3 Å². The summed E-state index contributed by atoms with van der Waals surface area (Å²) in [6, 6.07) is 19.6. The van der Waals surface area contributed by atoms with E-state index < -0.39 is 17.8 Å². The van der Waals surface area contributed by atoms with Crippen LogP contribution in [0.25, 0.3) is 16.1 Å². The predicted molar refractivity (Wildman–Crippen MR) is 184 cm³/mol. The Morgan fingerprint density at radius 1 is 1.13 bits per heavy atom. The molecule has 1 amide bonds. The van der Waals surface area contributed by atoms with Crippen LogP contribution >= 0.6 is 11.3 Å². The van der Waals surface area contributed by atoms with Crippen LogP contribution in [0.4, 0.5) is 16.3 Å². The van der Waals surface area contributed by atoms with Crippen molar-refractivity contribution in [2.75, 3.05) is 18.4 Å². The van der Waals surface area contributed by atoms with Gasteiger partial charge in [0.15, 0.2) is 5.82 Å². The molecule has 0 spiro atoms. The number of hydrogen-bond acceptors (Lipinski definition) is 10. The van der Waals surface area contributed by atoms with Crippen molar-refractivity contribution in [3.8, 4) is 10.6 Å². The summed E-state index contributed by atoms with van der Waals surface area (Å²) in [6.07, 6.45) is 2.91. The lowest BCUT2D eigenvalue weighted by Gasteiger charge is -2.42. The number of amides is 1. The molecule has 1 saturated heterocycles. The average Bonchev–Trinajstić information content (AvgIpc) is 3.69. The maximum absolute atomic E-state index is 13.4. The fourth-order valence-electron chi connectivity index (χ4n) is 5.84. The van der Waals surface area contributed by atoms with Gasteiger partial charge in [-0.1, -0.05) is 67.6 Å². The molecule has 2 unspecified atom stereocenters. The van der Waals surface area contributed by atoms with E-state index in [9.17, 15) is 9.90 Å². The zero-order chi connectivity index (χ0) is 33.1. The van der Waals surface area contributed by atoms with E-state index in [2.05, 4.69) is 50.4 Å². The van der Waals surface area contributed by atoms with Gasteiger partial charge in [-0.05, 0) is 56.5 Å². The number of anilines is 2. The quantitative estimate of drug-likeness (QED) is 0.184. The van der Waals surface area contributed by atoms with Crippen LogP contribution in [0.3, 0.4) is 0 Å². The molecule has 1 fully saturated rings. The zero-order valence-corrected chi connectivity index (χ0v) is 28.3. The van der Waals surface area contributed by atoms with Crippen molar-refractivity contribution in [3.05, 3.63) is 89.3 Å². The van der Waals surface area contributed by atoms with Gasteiger partial charge in [0.05, 0.1) is 12.1 Å². The third kappa shape index (κ3) is 7.78. The Labute approximate surface area is 279 Å². The summed E-state index contributed by atoms with van der Waals surface area (Å²) in [5, 5.41) is 30.0. The van der Waals surface area contributed by atoms with E-state index in [-0.39, 0.29) is 6.04 Å². The van der Waals surface area contributed by atoms with E-state index in [1.54, 1.807) is 16.2 Å². The largest absolute Gasteiger partial charge is 0.444 e. The second-order valence-electron chi connectivity index (χ2n) is 13.3. The van der Waals surface area contributed by atoms with Crippen molar-refractivity contribution in [2.24, 2.45) is 0 Å². The minimum absolute atomic E-state index is 0.328. The first-order valence-electron chi connectivity index (χ1n) is 16.0. The number of β-amino-alcohol motifs (C(OH)–C–C–N with tert-alkyl or cyclic N) is 1. The second-order valence-corrected chi connectivity index (χ2v) is 14.3. The van der Waals surface area contributed by atoms with Crippen molar-refractivity contribution in [1.29, 1.82) is 0 Å². The topological polar surface area (TPSA) is 121 Å². The number of nitrogens with zero attached hydrogens (tertiary/aromatic N) is 7. The maximum atomic E-state index is 13.4. The van der Waals surface area contributed by atoms with Crippen molar-refractivity contribution in [2.45, 2.75) is 77.8 Å². The highest BCUT2D eigenvalue weighted by atomic mass is 32.1. The lowest BCUT2D eigenvalue weighted by molar-refractivity contribution is -0.0363. The third-order valence-corrected chi connectivity index (χ3v) is 9.37. The standard InChI is InChI=1S/C35H42N8O3S/c1-23(2)32-39-40-33(47-32)25-12-9-13-27(18-25)38-31-30-26(14-17-43(30)37-22-36-31)20-41-16-15-28(29(44)21-41)42(34(45)46-35(3,4)5)19-24-10-7-6-8-11-24/h6-14,17-18,22-23,28-29,44H,15-16,19-21H2,1-5H3,(H,36,37,38). The van der Waals surface area contributed by atoms with Crippen molar-refractivity contribution < 1.29 is 14.6 Å². The summed E-state index contributed by atoms with van der Waals surface area (Å²) in [6.45, 7) is 11.9. The van der Waals surface area contributed by atoms with Crippen molar-refractivity contribution >= 4 is 34.5 Å². The number of rotatable bonds is 9. The van der Waals surface area contributed by atoms with Gasteiger partial charge in [-0.3, -0.25) is 9.80 Å². The van der Waals surface area contributed by atoms with Crippen LogP contribution in [0.15, 0.2) is 73.2 Å². The minimum Gasteiger partial charge on any atom is -0.444 e. The van der Waals surface area contributed by atoms with Gasteiger partial charge in [-0.15, -0.1) is 10.2 Å². The summed E-state index contributed by atoms with van der Waals surface area (Å²) in [4.78, 5) is 21.9. The van der Waals surface area contributed by atoms with E-state index in [0.717, 1.165) is 37.9 Å². The Morgan fingerprint density at radius 2 is 1.94 bits per heavy atom. The van der Waals surface area contributed by atoms with E-state index in [1.807, 2.05) is 86.1 Å². The second kappa shape index (κ2) is 13.8. The SMILES string of the molecule is CC(C)c1nnc(-c2cccc(Nc3ncnn4ccc(CN5CCC(N(Cc6ccccc6)C(=O)OC(C)(C)C)C(O)C5)c34)c2)s1. The van der Waals surface area contributed by atoms with E-state index in [4.69, 9.17) is 4.74 Å². The van der Waals surface area contributed by atoms with Gasteiger partial charge in [0.1, 0.15) is 27.5 Å². The first kappa shape index (κ1) is 32.5. The number of fused-ring (bicyclic) bond motifs is 1. The van der Waals surface area contributed by atoms with Crippen LogP contribution < -0.4 is 5.32 Å². The molecule has 0 bridgehead atoms. The number of aromatic nitrogens is 5. The predicted octanol–water partition coefficient (Wildman–Crippen LogP) is 6.49. The Kier molecular flexibility index (Phi) is 9.53. The summed E-state index contributed by atoms with van der Waals surface area (Å²) >= 11 is 1.61. The lowest BCUT2D eigenvalue weighted by atomic mass is 9.99. The van der Waals surface area contributed by atoms with Gasteiger partial charge in [0, 0.05) is 49.5 Å².